The Balaban J connectivity index is 2.23. The van der Waals surface area contributed by atoms with Crippen LogP contribution < -0.4 is 5.32 Å². The fourth-order valence-electron chi connectivity index (χ4n) is 2.33. The van der Waals surface area contributed by atoms with Gasteiger partial charge in [-0.15, -0.1) is 0 Å². The number of rotatable bonds is 1. The van der Waals surface area contributed by atoms with Crippen molar-refractivity contribution in [2.75, 3.05) is 13.1 Å². The Morgan fingerprint density at radius 2 is 2.00 bits per heavy atom. The fraction of sp³-hybridized carbons (Fsp3) is 0.462. The number of carbonyl (C=O) groups is 1. The highest BCUT2D eigenvalue weighted by molar-refractivity contribution is 9.10. The molecule has 0 aromatic heterocycles. The third-order valence-corrected chi connectivity index (χ3v) is 4.32. The third-order valence-electron chi connectivity index (χ3n) is 3.03. The number of benzene rings is 1. The van der Waals surface area contributed by atoms with Crippen LogP contribution in [-0.4, -0.2) is 36.0 Å². The van der Waals surface area contributed by atoms with Crippen LogP contribution in [0.25, 0.3) is 0 Å². The van der Waals surface area contributed by atoms with Crippen LogP contribution in [0.2, 0.25) is 5.02 Å². The topological polar surface area (TPSA) is 32.3 Å². The van der Waals surface area contributed by atoms with Crippen molar-refractivity contribution < 1.29 is 4.79 Å². The van der Waals surface area contributed by atoms with Gasteiger partial charge in [0.25, 0.3) is 5.91 Å². The zero-order chi connectivity index (χ0) is 13.3. The molecule has 18 heavy (non-hydrogen) atoms. The lowest BCUT2D eigenvalue weighted by Crippen LogP contribution is -2.55. The Morgan fingerprint density at radius 1 is 1.39 bits per heavy atom. The van der Waals surface area contributed by atoms with Crippen LogP contribution in [0.3, 0.4) is 0 Å². The summed E-state index contributed by atoms with van der Waals surface area (Å²) in [6.07, 6.45) is 0. The minimum Gasteiger partial charge on any atom is -0.335 e. The summed E-state index contributed by atoms with van der Waals surface area (Å²) in [6, 6.07) is 6.06. The first-order valence-electron chi connectivity index (χ1n) is 5.98. The molecule has 0 bridgehead atoms. The second kappa shape index (κ2) is 5.59. The molecule has 1 N–H and O–H groups in total. The summed E-state index contributed by atoms with van der Waals surface area (Å²) in [5.74, 6) is 0.00139. The Morgan fingerprint density at radius 3 is 2.61 bits per heavy atom. The lowest BCUT2D eigenvalue weighted by atomic mass is 10.1. The molecule has 1 aliphatic heterocycles. The van der Waals surface area contributed by atoms with E-state index in [1.165, 1.54) is 0 Å². The monoisotopic (exact) mass is 330 g/mol. The summed E-state index contributed by atoms with van der Waals surface area (Å²) in [5, 5.41) is 3.89. The van der Waals surface area contributed by atoms with Gasteiger partial charge < -0.3 is 10.2 Å². The second-order valence-electron chi connectivity index (χ2n) is 4.78. The standard InChI is InChI=1S/C13H16BrClN2O/c1-8-6-17(7-9(2)16-8)13(18)10-4-3-5-11(14)12(10)15/h3-5,8-9,16H,6-7H2,1-2H3. The Kier molecular flexibility index (Phi) is 4.30. The molecule has 0 saturated carbocycles. The first-order chi connectivity index (χ1) is 8.49. The van der Waals surface area contributed by atoms with Crippen molar-refractivity contribution in [3.63, 3.8) is 0 Å². The quantitative estimate of drug-likeness (QED) is 0.858. The van der Waals surface area contributed by atoms with E-state index in [4.69, 9.17) is 11.6 Å². The summed E-state index contributed by atoms with van der Waals surface area (Å²) >= 11 is 9.52. The highest BCUT2D eigenvalue weighted by atomic mass is 79.9. The van der Waals surface area contributed by atoms with Crippen molar-refractivity contribution in [2.45, 2.75) is 25.9 Å². The van der Waals surface area contributed by atoms with E-state index < -0.39 is 0 Å². The van der Waals surface area contributed by atoms with Crippen LogP contribution in [0.1, 0.15) is 24.2 Å². The van der Waals surface area contributed by atoms with E-state index in [1.807, 2.05) is 17.0 Å². The Labute approximate surface area is 121 Å². The van der Waals surface area contributed by atoms with Crippen LogP contribution in [-0.2, 0) is 0 Å². The predicted octanol–water partition coefficient (Wildman–Crippen LogP) is 2.92. The largest absolute Gasteiger partial charge is 0.335 e. The minimum absolute atomic E-state index is 0.00139. The zero-order valence-electron chi connectivity index (χ0n) is 10.4. The summed E-state index contributed by atoms with van der Waals surface area (Å²) in [4.78, 5) is 14.3. The highest BCUT2D eigenvalue weighted by Gasteiger charge is 2.26. The number of nitrogens with one attached hydrogen (secondary N) is 1. The van der Waals surface area contributed by atoms with Gasteiger partial charge in [0.15, 0.2) is 0 Å². The summed E-state index contributed by atoms with van der Waals surface area (Å²) < 4.78 is 0.756. The van der Waals surface area contributed by atoms with Gasteiger partial charge in [0.2, 0.25) is 0 Å². The molecule has 1 aromatic carbocycles. The van der Waals surface area contributed by atoms with Crippen molar-refractivity contribution in [3.8, 4) is 0 Å². The van der Waals surface area contributed by atoms with Crippen LogP contribution in [0.4, 0.5) is 0 Å². The van der Waals surface area contributed by atoms with Gasteiger partial charge in [-0.25, -0.2) is 0 Å². The average Bonchev–Trinajstić information content (AvgIpc) is 2.30. The normalized spacial score (nSPS) is 24.1. The molecule has 2 unspecified atom stereocenters. The van der Waals surface area contributed by atoms with Crippen molar-refractivity contribution >= 4 is 33.4 Å². The summed E-state index contributed by atoms with van der Waals surface area (Å²) in [5.41, 5.74) is 0.562. The molecule has 1 aromatic rings. The predicted molar refractivity (Wildman–Crippen MR) is 77.1 cm³/mol. The molecule has 0 radical (unpaired) electrons. The molecule has 1 amide bonds. The zero-order valence-corrected chi connectivity index (χ0v) is 12.8. The van der Waals surface area contributed by atoms with E-state index in [2.05, 4.69) is 35.1 Å². The average molecular weight is 332 g/mol. The molecule has 3 nitrogen and oxygen atoms in total. The maximum absolute atomic E-state index is 12.5. The number of carbonyl (C=O) groups excluding carboxylic acids is 1. The van der Waals surface area contributed by atoms with Gasteiger partial charge >= 0.3 is 0 Å². The molecular weight excluding hydrogens is 316 g/mol. The van der Waals surface area contributed by atoms with Crippen molar-refractivity contribution in [3.05, 3.63) is 33.3 Å². The summed E-state index contributed by atoms with van der Waals surface area (Å²) in [6.45, 7) is 5.59. The smallest absolute Gasteiger partial charge is 0.255 e. The number of piperazine rings is 1. The van der Waals surface area contributed by atoms with Gasteiger partial charge in [-0.05, 0) is 41.9 Å². The van der Waals surface area contributed by atoms with E-state index in [9.17, 15) is 4.79 Å². The van der Waals surface area contributed by atoms with Gasteiger partial charge in [-0.1, -0.05) is 17.7 Å². The van der Waals surface area contributed by atoms with Crippen LogP contribution >= 0.6 is 27.5 Å². The first kappa shape index (κ1) is 13.8. The molecule has 1 heterocycles. The molecule has 1 saturated heterocycles. The SMILES string of the molecule is CC1CN(C(=O)c2cccc(Br)c2Cl)CC(C)N1. The number of halogens is 2. The molecule has 1 fully saturated rings. The maximum Gasteiger partial charge on any atom is 0.255 e. The first-order valence-corrected chi connectivity index (χ1v) is 7.15. The highest BCUT2D eigenvalue weighted by Crippen LogP contribution is 2.27. The molecule has 2 rings (SSSR count). The molecule has 1 aliphatic rings. The number of nitrogens with zero attached hydrogens (tertiary/aromatic N) is 1. The summed E-state index contributed by atoms with van der Waals surface area (Å²) in [7, 11) is 0. The fourth-order valence-corrected chi connectivity index (χ4v) is 2.90. The van der Waals surface area contributed by atoms with Crippen molar-refractivity contribution in [1.29, 1.82) is 0 Å². The van der Waals surface area contributed by atoms with Crippen LogP contribution in [0.5, 0.6) is 0 Å². The molecule has 98 valence electrons. The van der Waals surface area contributed by atoms with E-state index in [0.717, 1.165) is 4.47 Å². The maximum atomic E-state index is 12.5. The molecule has 0 spiro atoms. The van der Waals surface area contributed by atoms with Gasteiger partial charge in [0, 0.05) is 29.6 Å². The minimum atomic E-state index is 0.00139. The lowest BCUT2D eigenvalue weighted by molar-refractivity contribution is 0.0674. The number of hydrogen-bond donors (Lipinski definition) is 1. The molecular formula is C13H16BrClN2O. The van der Waals surface area contributed by atoms with E-state index in [0.29, 0.717) is 35.8 Å². The van der Waals surface area contributed by atoms with Crippen molar-refractivity contribution in [1.82, 2.24) is 10.2 Å². The van der Waals surface area contributed by atoms with Crippen molar-refractivity contribution in [2.24, 2.45) is 0 Å². The van der Waals surface area contributed by atoms with E-state index in [1.54, 1.807) is 6.07 Å². The third kappa shape index (κ3) is 2.87. The number of amides is 1. The Hall–Kier alpha value is -0.580. The van der Waals surface area contributed by atoms with Gasteiger partial charge in [0.1, 0.15) is 0 Å². The Bertz CT molecular complexity index is 456. The molecule has 0 aliphatic carbocycles. The lowest BCUT2D eigenvalue weighted by Gasteiger charge is -2.36. The second-order valence-corrected chi connectivity index (χ2v) is 6.01. The molecule has 5 heteroatoms. The van der Waals surface area contributed by atoms with Gasteiger partial charge in [-0.3, -0.25) is 4.79 Å². The van der Waals surface area contributed by atoms with E-state index >= 15 is 0 Å². The number of hydrogen-bond acceptors (Lipinski definition) is 2. The van der Waals surface area contributed by atoms with E-state index in [-0.39, 0.29) is 5.91 Å². The van der Waals surface area contributed by atoms with Gasteiger partial charge in [-0.2, -0.15) is 0 Å². The van der Waals surface area contributed by atoms with Gasteiger partial charge in [0.05, 0.1) is 10.6 Å². The van der Waals surface area contributed by atoms with Crippen LogP contribution in [0, 0.1) is 0 Å². The molecule has 2 atom stereocenters. The van der Waals surface area contributed by atoms with Crippen LogP contribution in [0.15, 0.2) is 22.7 Å².